The molecule has 116 valence electrons. The average Bonchev–Trinajstić information content (AvgIpc) is 3.09. The maximum atomic E-state index is 5.55. The zero-order valence-electron chi connectivity index (χ0n) is 12.8. The molecule has 0 amide bonds. The molecular weight excluding hydrogens is 296 g/mol. The third-order valence-corrected chi connectivity index (χ3v) is 4.37. The van der Waals surface area contributed by atoms with Crippen molar-refractivity contribution >= 4 is 17.3 Å². The smallest absolute Gasteiger partial charge is 0.170 e. The van der Waals surface area contributed by atoms with E-state index in [4.69, 9.17) is 17.0 Å². The van der Waals surface area contributed by atoms with E-state index >= 15 is 0 Å². The quantitative estimate of drug-likeness (QED) is 0.855. The van der Waals surface area contributed by atoms with Crippen LogP contribution in [-0.2, 0) is 11.8 Å². The Morgan fingerprint density at radius 3 is 2.82 bits per heavy atom. The summed E-state index contributed by atoms with van der Waals surface area (Å²) in [6.45, 7) is 1.39. The first kappa shape index (κ1) is 15.0. The topological polar surface area (TPSA) is 42.3 Å². The fourth-order valence-corrected chi connectivity index (χ4v) is 3.27. The number of pyridine rings is 1. The maximum Gasteiger partial charge on any atom is 0.170 e. The fourth-order valence-electron chi connectivity index (χ4n) is 2.94. The van der Waals surface area contributed by atoms with Gasteiger partial charge in [-0.1, -0.05) is 6.07 Å². The predicted molar refractivity (Wildman–Crippen MR) is 89.4 cm³/mol. The highest BCUT2D eigenvalue weighted by atomic mass is 32.1. The van der Waals surface area contributed by atoms with Crippen LogP contribution in [0, 0.1) is 0 Å². The normalized spacial score (nSPS) is 21.2. The van der Waals surface area contributed by atoms with E-state index in [0.29, 0.717) is 6.61 Å². The Morgan fingerprint density at radius 1 is 1.32 bits per heavy atom. The fraction of sp³-hybridized carbons (Fsp3) is 0.375. The summed E-state index contributed by atoms with van der Waals surface area (Å²) in [7, 11) is 3.76. The lowest BCUT2D eigenvalue weighted by Gasteiger charge is -2.28. The van der Waals surface area contributed by atoms with E-state index < -0.39 is 0 Å². The van der Waals surface area contributed by atoms with E-state index in [1.54, 1.807) is 7.11 Å². The summed E-state index contributed by atoms with van der Waals surface area (Å²) < 4.78 is 7.37. The third-order valence-electron chi connectivity index (χ3n) is 4.02. The number of hydrogen-bond acceptors (Lipinski definition) is 3. The lowest BCUT2D eigenvalue weighted by Crippen LogP contribution is -2.33. The number of aromatic nitrogens is 2. The van der Waals surface area contributed by atoms with E-state index in [1.165, 1.54) is 5.69 Å². The van der Waals surface area contributed by atoms with Crippen LogP contribution in [0.4, 0.5) is 0 Å². The molecule has 3 heterocycles. The third kappa shape index (κ3) is 2.71. The van der Waals surface area contributed by atoms with Crippen molar-refractivity contribution in [2.45, 2.75) is 12.1 Å². The number of rotatable bonds is 5. The number of nitrogens with zero attached hydrogens (tertiary/aromatic N) is 3. The van der Waals surface area contributed by atoms with Gasteiger partial charge in [-0.25, -0.2) is 0 Å². The van der Waals surface area contributed by atoms with Gasteiger partial charge in [-0.3, -0.25) is 4.98 Å². The SMILES string of the molecule is COCCN1C(=S)N[C@@H](c2ccccn2)[C@@H]1c1cccn1C. The second-order valence-corrected chi connectivity index (χ2v) is 5.74. The number of nitrogens with one attached hydrogen (secondary N) is 1. The van der Waals surface area contributed by atoms with Crippen LogP contribution in [0.15, 0.2) is 42.7 Å². The molecule has 0 spiro atoms. The molecule has 1 aliphatic heterocycles. The molecule has 1 saturated heterocycles. The molecule has 1 fully saturated rings. The molecule has 2 aromatic heterocycles. The van der Waals surface area contributed by atoms with Crippen molar-refractivity contribution in [1.29, 1.82) is 0 Å². The van der Waals surface area contributed by atoms with Crippen molar-refractivity contribution in [2.75, 3.05) is 20.3 Å². The Labute approximate surface area is 135 Å². The summed E-state index contributed by atoms with van der Waals surface area (Å²) in [5.41, 5.74) is 2.20. The van der Waals surface area contributed by atoms with Crippen molar-refractivity contribution in [1.82, 2.24) is 19.8 Å². The molecule has 0 bridgehead atoms. The summed E-state index contributed by atoms with van der Waals surface area (Å²) >= 11 is 5.55. The molecule has 0 aromatic carbocycles. The van der Waals surface area contributed by atoms with E-state index in [1.807, 2.05) is 24.4 Å². The number of ether oxygens (including phenoxy) is 1. The van der Waals surface area contributed by atoms with Gasteiger partial charge in [0.1, 0.15) is 0 Å². The van der Waals surface area contributed by atoms with Crippen molar-refractivity contribution in [3.63, 3.8) is 0 Å². The zero-order valence-corrected chi connectivity index (χ0v) is 13.6. The van der Waals surface area contributed by atoms with E-state index in [-0.39, 0.29) is 12.1 Å². The first-order valence-electron chi connectivity index (χ1n) is 7.30. The van der Waals surface area contributed by atoms with Gasteiger partial charge in [0.15, 0.2) is 5.11 Å². The van der Waals surface area contributed by atoms with Gasteiger partial charge in [0.2, 0.25) is 0 Å². The summed E-state index contributed by atoms with van der Waals surface area (Å²) in [4.78, 5) is 6.70. The number of hydrogen-bond donors (Lipinski definition) is 1. The molecule has 2 aromatic rings. The van der Waals surface area contributed by atoms with Crippen molar-refractivity contribution in [3.05, 3.63) is 54.1 Å². The summed E-state index contributed by atoms with van der Waals surface area (Å²) in [5.74, 6) is 0. The Balaban J connectivity index is 1.99. The van der Waals surface area contributed by atoms with Gasteiger partial charge < -0.3 is 19.5 Å². The highest BCUT2D eigenvalue weighted by molar-refractivity contribution is 7.80. The Bertz CT molecular complexity index is 643. The molecule has 1 N–H and O–H groups in total. The minimum absolute atomic E-state index is 0.0409. The molecule has 0 unspecified atom stereocenters. The molecule has 1 aliphatic rings. The number of aryl methyl sites for hydroxylation is 1. The Morgan fingerprint density at radius 2 is 2.18 bits per heavy atom. The molecule has 2 atom stereocenters. The molecule has 0 aliphatic carbocycles. The molecule has 0 saturated carbocycles. The van der Waals surface area contributed by atoms with E-state index in [9.17, 15) is 0 Å². The summed E-state index contributed by atoms with van der Waals surface area (Å²) in [5, 5.41) is 4.17. The summed E-state index contributed by atoms with van der Waals surface area (Å²) in [6.07, 6.45) is 3.88. The van der Waals surface area contributed by atoms with Gasteiger partial charge in [0.25, 0.3) is 0 Å². The van der Waals surface area contributed by atoms with Crippen LogP contribution in [0.25, 0.3) is 0 Å². The molecule has 6 heteroatoms. The van der Waals surface area contributed by atoms with Crippen LogP contribution in [0.2, 0.25) is 0 Å². The second-order valence-electron chi connectivity index (χ2n) is 5.36. The van der Waals surface area contributed by atoms with Gasteiger partial charge in [-0.15, -0.1) is 0 Å². The standard InChI is InChI=1S/C16H20N4OS/c1-19-9-5-7-13(19)15-14(12-6-3-4-8-17-12)18-16(22)20(15)10-11-21-2/h3-9,14-15H,10-11H2,1-2H3,(H,18,22)/t14-,15-/m0/s1. The predicted octanol–water partition coefficient (Wildman–Crippen LogP) is 2.04. The molecular formula is C16H20N4OS. The monoisotopic (exact) mass is 316 g/mol. The minimum Gasteiger partial charge on any atom is -0.383 e. The van der Waals surface area contributed by atoms with Crippen LogP contribution in [0.5, 0.6) is 0 Å². The van der Waals surface area contributed by atoms with Crippen LogP contribution in [0.1, 0.15) is 23.5 Å². The van der Waals surface area contributed by atoms with Gasteiger partial charge in [0.05, 0.1) is 24.4 Å². The van der Waals surface area contributed by atoms with E-state index in [2.05, 4.69) is 45.1 Å². The van der Waals surface area contributed by atoms with Crippen molar-refractivity contribution in [3.8, 4) is 0 Å². The van der Waals surface area contributed by atoms with Gasteiger partial charge in [0, 0.05) is 38.8 Å². The Hall–Kier alpha value is -1.92. The van der Waals surface area contributed by atoms with Crippen molar-refractivity contribution in [2.24, 2.45) is 7.05 Å². The average molecular weight is 316 g/mol. The van der Waals surface area contributed by atoms with E-state index in [0.717, 1.165) is 17.4 Å². The van der Waals surface area contributed by atoms with Crippen LogP contribution < -0.4 is 5.32 Å². The first-order valence-corrected chi connectivity index (χ1v) is 7.71. The lowest BCUT2D eigenvalue weighted by molar-refractivity contribution is 0.162. The number of methoxy groups -OCH3 is 1. The van der Waals surface area contributed by atoms with Crippen LogP contribution in [0.3, 0.4) is 0 Å². The Kier molecular flexibility index (Phi) is 4.40. The zero-order chi connectivity index (χ0) is 15.5. The van der Waals surface area contributed by atoms with Crippen molar-refractivity contribution < 1.29 is 4.74 Å². The lowest BCUT2D eigenvalue weighted by atomic mass is 10.0. The largest absolute Gasteiger partial charge is 0.383 e. The van der Waals surface area contributed by atoms with Gasteiger partial charge in [-0.05, 0) is 36.5 Å². The maximum absolute atomic E-state index is 5.55. The second kappa shape index (κ2) is 6.46. The van der Waals surface area contributed by atoms with Crippen LogP contribution in [-0.4, -0.2) is 39.8 Å². The van der Waals surface area contributed by atoms with Gasteiger partial charge >= 0.3 is 0 Å². The number of thiocarbonyl (C=S) groups is 1. The first-order chi connectivity index (χ1) is 10.7. The van der Waals surface area contributed by atoms with Crippen LogP contribution >= 0.6 is 12.2 Å². The highest BCUT2D eigenvalue weighted by Crippen LogP contribution is 2.38. The minimum atomic E-state index is 0.0409. The molecule has 0 radical (unpaired) electrons. The highest BCUT2D eigenvalue weighted by Gasteiger charge is 2.40. The molecule has 3 rings (SSSR count). The molecule has 5 nitrogen and oxygen atoms in total. The van der Waals surface area contributed by atoms with Gasteiger partial charge in [-0.2, -0.15) is 0 Å². The molecule has 22 heavy (non-hydrogen) atoms. The summed E-state index contributed by atoms with van der Waals surface area (Å²) in [6, 6.07) is 10.3.